The van der Waals surface area contributed by atoms with Gasteiger partial charge in [-0.05, 0) is 96.4 Å². The Morgan fingerprint density at radius 3 is 1.82 bits per heavy atom. The Bertz CT molecular complexity index is 3090. The zero-order valence-electron chi connectivity index (χ0n) is 26.9. The van der Waals surface area contributed by atoms with Gasteiger partial charge in [0.05, 0.1) is 0 Å². The molecule has 0 saturated carbocycles. The summed E-state index contributed by atoms with van der Waals surface area (Å²) >= 11 is 1.87. The molecular weight excluding hydrogens is 627 g/mol. The number of hydrogen-bond acceptors (Lipinski definition) is 3. The van der Waals surface area contributed by atoms with Crippen molar-refractivity contribution in [2.75, 3.05) is 0 Å². The van der Waals surface area contributed by atoms with Crippen molar-refractivity contribution >= 4 is 85.7 Å². The second-order valence-electron chi connectivity index (χ2n) is 13.0. The van der Waals surface area contributed by atoms with Crippen molar-refractivity contribution in [3.05, 3.63) is 164 Å². The van der Waals surface area contributed by atoms with Crippen LogP contribution < -0.4 is 0 Å². The number of benzene rings is 9. The summed E-state index contributed by atoms with van der Waals surface area (Å²) in [6, 6.07) is 59.1. The Hall–Kier alpha value is -6.29. The number of nitrogens with zero attached hydrogens (tertiary/aromatic N) is 1. The summed E-state index contributed by atoms with van der Waals surface area (Å²) in [5.74, 6) is 0.641. The van der Waals surface area contributed by atoms with Crippen molar-refractivity contribution in [1.29, 1.82) is 0 Å². The van der Waals surface area contributed by atoms with Crippen LogP contribution in [0.25, 0.3) is 108 Å². The minimum Gasteiger partial charge on any atom is -0.435 e. The molecular formula is C47H27NOS. The number of oxazole rings is 1. The first-order chi connectivity index (χ1) is 24.8. The molecule has 0 saturated heterocycles. The van der Waals surface area contributed by atoms with Crippen molar-refractivity contribution < 1.29 is 4.42 Å². The highest BCUT2D eigenvalue weighted by Gasteiger charge is 2.20. The summed E-state index contributed by atoms with van der Waals surface area (Å²) in [6.45, 7) is 0. The molecule has 0 N–H and O–H groups in total. The first kappa shape index (κ1) is 27.6. The fourth-order valence-electron chi connectivity index (χ4n) is 8.09. The highest BCUT2D eigenvalue weighted by Crippen LogP contribution is 2.48. The SMILES string of the molecule is c1ccc(-c2nc3ccc4ccc5ccc(-c6c7ccccc7c(-c7cccc8sc9ccccc9c78)c7ccccc67)cc5c4c3o2)cc1. The van der Waals surface area contributed by atoms with Gasteiger partial charge >= 0.3 is 0 Å². The van der Waals surface area contributed by atoms with E-state index in [1.807, 2.05) is 41.7 Å². The molecule has 0 amide bonds. The normalized spacial score (nSPS) is 12.0. The number of aromatic nitrogens is 1. The molecule has 0 aliphatic heterocycles. The molecule has 11 rings (SSSR count). The van der Waals surface area contributed by atoms with Gasteiger partial charge in [0.15, 0.2) is 5.58 Å². The van der Waals surface area contributed by atoms with E-state index in [9.17, 15) is 0 Å². The molecule has 50 heavy (non-hydrogen) atoms. The lowest BCUT2D eigenvalue weighted by atomic mass is 9.84. The van der Waals surface area contributed by atoms with Crippen LogP contribution in [0, 0.1) is 0 Å². The second-order valence-corrected chi connectivity index (χ2v) is 14.1. The highest BCUT2D eigenvalue weighted by molar-refractivity contribution is 7.25. The largest absolute Gasteiger partial charge is 0.435 e. The molecule has 0 bridgehead atoms. The van der Waals surface area contributed by atoms with E-state index in [4.69, 9.17) is 9.40 Å². The van der Waals surface area contributed by atoms with Crippen LogP contribution in [0.5, 0.6) is 0 Å². The molecule has 0 radical (unpaired) electrons. The molecule has 2 nitrogen and oxygen atoms in total. The van der Waals surface area contributed by atoms with Gasteiger partial charge < -0.3 is 4.42 Å². The first-order valence-electron chi connectivity index (χ1n) is 17.0. The van der Waals surface area contributed by atoms with Crippen LogP contribution >= 0.6 is 11.3 Å². The molecule has 0 spiro atoms. The van der Waals surface area contributed by atoms with Gasteiger partial charge in [-0.3, -0.25) is 0 Å². The molecule has 0 fully saturated rings. The van der Waals surface area contributed by atoms with Gasteiger partial charge in [-0.25, -0.2) is 4.98 Å². The third-order valence-electron chi connectivity index (χ3n) is 10.3. The zero-order valence-corrected chi connectivity index (χ0v) is 27.7. The lowest BCUT2D eigenvalue weighted by molar-refractivity contribution is 0.623. The second kappa shape index (κ2) is 10.6. The third-order valence-corrected chi connectivity index (χ3v) is 11.4. The van der Waals surface area contributed by atoms with E-state index in [1.54, 1.807) is 0 Å². The van der Waals surface area contributed by atoms with E-state index in [0.717, 1.165) is 32.8 Å². The van der Waals surface area contributed by atoms with Crippen molar-refractivity contribution in [1.82, 2.24) is 4.98 Å². The van der Waals surface area contributed by atoms with Gasteiger partial charge in [0, 0.05) is 31.1 Å². The van der Waals surface area contributed by atoms with Crippen molar-refractivity contribution in [2.45, 2.75) is 0 Å². The molecule has 9 aromatic carbocycles. The summed E-state index contributed by atoms with van der Waals surface area (Å²) in [5.41, 5.74) is 7.66. The Labute approximate surface area is 291 Å². The summed E-state index contributed by atoms with van der Waals surface area (Å²) in [5, 5.41) is 12.2. The van der Waals surface area contributed by atoms with Gasteiger partial charge in [-0.2, -0.15) is 0 Å². The number of hydrogen-bond donors (Lipinski definition) is 0. The fraction of sp³-hybridized carbons (Fsp3) is 0. The standard InChI is InChI=1S/C47H27NOS/c1-2-11-30(12-3-1)47-48-39-26-25-29-23-21-28-22-24-31(27-38(28)43(29)46(39)49-47)42-32-13-4-6-15-34(32)44(35-16-7-5-14-33(35)42)37-18-10-20-41-45(37)36-17-8-9-19-40(36)50-41/h1-27H. The minimum atomic E-state index is 0.641. The van der Waals surface area contributed by atoms with Gasteiger partial charge in [0.1, 0.15) is 5.52 Å². The third kappa shape index (κ3) is 3.98. The van der Waals surface area contributed by atoms with E-state index < -0.39 is 0 Å². The van der Waals surface area contributed by atoms with E-state index in [2.05, 4.69) is 133 Å². The predicted molar refractivity (Wildman–Crippen MR) is 213 cm³/mol. The molecule has 0 unspecified atom stereocenters. The fourth-order valence-corrected chi connectivity index (χ4v) is 9.23. The Balaban J connectivity index is 1.22. The predicted octanol–water partition coefficient (Wildman–Crippen LogP) is 13.8. The first-order valence-corrected chi connectivity index (χ1v) is 17.8. The molecule has 0 aliphatic carbocycles. The molecule has 11 aromatic rings. The molecule has 3 heteroatoms. The lowest BCUT2D eigenvalue weighted by Crippen LogP contribution is -1.91. The minimum absolute atomic E-state index is 0.641. The van der Waals surface area contributed by atoms with Crippen molar-refractivity contribution in [2.24, 2.45) is 0 Å². The summed E-state index contributed by atoms with van der Waals surface area (Å²) < 4.78 is 9.21. The van der Waals surface area contributed by atoms with Gasteiger partial charge in [0.2, 0.25) is 5.89 Å². The van der Waals surface area contributed by atoms with E-state index >= 15 is 0 Å². The quantitative estimate of drug-likeness (QED) is 0.140. The zero-order chi connectivity index (χ0) is 32.8. The highest BCUT2D eigenvalue weighted by atomic mass is 32.1. The molecule has 232 valence electrons. The van der Waals surface area contributed by atoms with E-state index in [0.29, 0.717) is 5.89 Å². The molecule has 2 aromatic heterocycles. The van der Waals surface area contributed by atoms with E-state index in [1.165, 1.54) is 69.4 Å². The maximum atomic E-state index is 6.57. The summed E-state index contributed by atoms with van der Waals surface area (Å²) in [7, 11) is 0. The monoisotopic (exact) mass is 653 g/mol. The van der Waals surface area contributed by atoms with Crippen LogP contribution in [0.4, 0.5) is 0 Å². The number of thiophene rings is 1. The van der Waals surface area contributed by atoms with Gasteiger partial charge in [-0.15, -0.1) is 11.3 Å². The smallest absolute Gasteiger partial charge is 0.227 e. The van der Waals surface area contributed by atoms with Crippen molar-refractivity contribution in [3.63, 3.8) is 0 Å². The van der Waals surface area contributed by atoms with E-state index in [-0.39, 0.29) is 0 Å². The molecule has 2 heterocycles. The Morgan fingerprint density at radius 2 is 1.04 bits per heavy atom. The van der Waals surface area contributed by atoms with Crippen molar-refractivity contribution in [3.8, 4) is 33.7 Å². The maximum Gasteiger partial charge on any atom is 0.227 e. The van der Waals surface area contributed by atoms with Crippen LogP contribution in [0.15, 0.2) is 168 Å². The van der Waals surface area contributed by atoms with Gasteiger partial charge in [-0.1, -0.05) is 127 Å². The molecule has 0 atom stereocenters. The van der Waals surface area contributed by atoms with Crippen LogP contribution in [0.3, 0.4) is 0 Å². The summed E-state index contributed by atoms with van der Waals surface area (Å²) in [4.78, 5) is 4.91. The van der Waals surface area contributed by atoms with Gasteiger partial charge in [0.25, 0.3) is 0 Å². The maximum absolute atomic E-state index is 6.57. The Kier molecular flexibility index (Phi) is 5.86. The average molecular weight is 654 g/mol. The van der Waals surface area contributed by atoms with Crippen LogP contribution in [0.1, 0.15) is 0 Å². The Morgan fingerprint density at radius 1 is 0.420 bits per heavy atom. The lowest BCUT2D eigenvalue weighted by Gasteiger charge is -2.19. The molecule has 0 aliphatic rings. The van der Waals surface area contributed by atoms with Crippen LogP contribution in [0.2, 0.25) is 0 Å². The summed E-state index contributed by atoms with van der Waals surface area (Å²) in [6.07, 6.45) is 0. The van der Waals surface area contributed by atoms with Crippen LogP contribution in [-0.2, 0) is 0 Å². The average Bonchev–Trinajstić information content (AvgIpc) is 3.79. The van der Waals surface area contributed by atoms with Crippen LogP contribution in [-0.4, -0.2) is 4.98 Å². The topological polar surface area (TPSA) is 26.0 Å². The number of rotatable bonds is 3. The number of fused-ring (bicyclic) bond motifs is 10.